The van der Waals surface area contributed by atoms with Gasteiger partial charge in [-0.15, -0.1) is 0 Å². The number of hydrogen-bond donors (Lipinski definition) is 0. The summed E-state index contributed by atoms with van der Waals surface area (Å²) in [5, 5.41) is -0.00981. The molecule has 1 aliphatic heterocycles. The first kappa shape index (κ1) is 29.9. The van der Waals surface area contributed by atoms with Gasteiger partial charge in [-0.05, 0) is 83.2 Å². The Hall–Kier alpha value is -2.60. The Bertz CT molecular complexity index is 1740. The van der Waals surface area contributed by atoms with E-state index in [0.717, 1.165) is 6.42 Å². The zero-order valence-electron chi connectivity index (χ0n) is 24.3. The Morgan fingerprint density at radius 3 is 2.37 bits per heavy atom. The van der Waals surface area contributed by atoms with E-state index in [0.29, 0.717) is 16.8 Å². The maximum atomic E-state index is 16.2. The van der Waals surface area contributed by atoms with Gasteiger partial charge in [-0.3, -0.25) is 14.3 Å². The van der Waals surface area contributed by atoms with Crippen LogP contribution in [0.4, 0.5) is 14.5 Å². The largest absolute Gasteiger partial charge is 0.461 e. The van der Waals surface area contributed by atoms with Crippen molar-refractivity contribution in [2.75, 3.05) is 12.5 Å². The quantitative estimate of drug-likeness (QED) is 0.301. The third kappa shape index (κ3) is 5.26. The molecule has 0 bridgehead atoms. The summed E-state index contributed by atoms with van der Waals surface area (Å²) in [6.07, 6.45) is 4.88. The zero-order chi connectivity index (χ0) is 30.2. The van der Waals surface area contributed by atoms with Gasteiger partial charge in [-0.1, -0.05) is 17.7 Å². The van der Waals surface area contributed by atoms with Gasteiger partial charge in [0.05, 0.1) is 16.9 Å². The van der Waals surface area contributed by atoms with E-state index in [9.17, 15) is 9.00 Å². The minimum absolute atomic E-state index is 0.00981. The summed E-state index contributed by atoms with van der Waals surface area (Å²) in [6.45, 7) is 11.3. The predicted molar refractivity (Wildman–Crippen MR) is 159 cm³/mol. The summed E-state index contributed by atoms with van der Waals surface area (Å²) < 4.78 is 61.3. The van der Waals surface area contributed by atoms with Crippen LogP contribution < -0.4 is 5.56 Å². The highest BCUT2D eigenvalue weighted by atomic mass is 35.5. The molecule has 12 heteroatoms. The lowest BCUT2D eigenvalue weighted by Crippen LogP contribution is -2.41. The molecule has 1 aliphatic carbocycles. The van der Waals surface area contributed by atoms with Gasteiger partial charge in [-0.2, -0.15) is 4.36 Å². The first-order valence-corrected chi connectivity index (χ1v) is 16.0. The molecule has 7 nitrogen and oxygen atoms in total. The fraction of sp³-hybridized carbons (Fsp3) is 0.448. The van der Waals surface area contributed by atoms with Gasteiger partial charge in [-0.25, -0.2) is 13.0 Å². The molecule has 2 fully saturated rings. The lowest BCUT2D eigenvalue weighted by molar-refractivity contribution is 0.00578. The number of pyridine rings is 2. The molecule has 2 aliphatic rings. The van der Waals surface area contributed by atoms with Crippen LogP contribution in [0.25, 0.3) is 16.9 Å². The van der Waals surface area contributed by atoms with Crippen molar-refractivity contribution in [1.29, 1.82) is 0 Å². The van der Waals surface area contributed by atoms with Crippen LogP contribution in [0, 0.1) is 25.5 Å². The number of rotatable bonds is 5. The number of aromatic nitrogens is 2. The van der Waals surface area contributed by atoms with E-state index in [-0.39, 0.29) is 39.4 Å². The molecule has 0 unspecified atom stereocenters. The van der Waals surface area contributed by atoms with Gasteiger partial charge in [0, 0.05) is 45.5 Å². The molecule has 1 saturated heterocycles. The monoisotopic (exact) mass is 603 g/mol. The molecule has 0 radical (unpaired) electrons. The molecule has 1 saturated carbocycles. The van der Waals surface area contributed by atoms with Gasteiger partial charge < -0.3 is 9.31 Å². The first-order chi connectivity index (χ1) is 18.9. The fourth-order valence-electron chi connectivity index (χ4n) is 5.26. The van der Waals surface area contributed by atoms with Gasteiger partial charge in [0.15, 0.2) is 11.6 Å². The molecule has 41 heavy (non-hydrogen) atoms. The first-order valence-electron chi connectivity index (χ1n) is 13.3. The third-order valence-corrected chi connectivity index (χ3v) is 9.19. The molecule has 0 spiro atoms. The number of nitrogens with zero attached hydrogens (tertiary/aromatic N) is 3. The van der Waals surface area contributed by atoms with E-state index < -0.39 is 45.2 Å². The van der Waals surface area contributed by atoms with Crippen LogP contribution in [0.15, 0.2) is 39.6 Å². The fourth-order valence-corrected chi connectivity index (χ4v) is 6.15. The second-order valence-electron chi connectivity index (χ2n) is 12.2. The van der Waals surface area contributed by atoms with Crippen molar-refractivity contribution >= 4 is 34.1 Å². The molecule has 0 amide bonds. The molecule has 5 rings (SSSR count). The standard InChI is InChI=1S/C29H33BClF2N3O4S/c1-15-14-34-25(17-10-9-11-21(23(17)32)35-41(7,8)38)24(33)26(15)36-16(2)12-19(22(31)27(36)37)18-13-20(18)30-39-28(3,4)29(5,6)40-30/h9-12,14,18,20H,13H2,1-8H3/t18-,20+/m1/s1. The van der Waals surface area contributed by atoms with Crippen LogP contribution in [0.2, 0.25) is 10.8 Å². The Morgan fingerprint density at radius 1 is 1.12 bits per heavy atom. The highest BCUT2D eigenvalue weighted by molar-refractivity contribution is 7.92. The van der Waals surface area contributed by atoms with Crippen molar-refractivity contribution < 1.29 is 22.3 Å². The van der Waals surface area contributed by atoms with E-state index in [1.54, 1.807) is 19.9 Å². The van der Waals surface area contributed by atoms with Gasteiger partial charge in [0.2, 0.25) is 0 Å². The van der Waals surface area contributed by atoms with E-state index in [4.69, 9.17) is 20.9 Å². The number of aryl methyl sites for hydroxylation is 2. The molecule has 2 aromatic heterocycles. The normalized spacial score (nSPS) is 21.3. The van der Waals surface area contributed by atoms with Crippen LogP contribution in [-0.2, 0) is 19.0 Å². The third-order valence-electron chi connectivity index (χ3n) is 8.17. The van der Waals surface area contributed by atoms with Crippen LogP contribution in [0.3, 0.4) is 0 Å². The molecule has 1 aromatic carbocycles. The van der Waals surface area contributed by atoms with Crippen molar-refractivity contribution in [2.45, 2.75) is 70.9 Å². The second kappa shape index (κ2) is 10.0. The summed E-state index contributed by atoms with van der Waals surface area (Å²) in [5.74, 6) is -1.74. The van der Waals surface area contributed by atoms with Crippen LogP contribution >= 0.6 is 11.6 Å². The minimum Gasteiger partial charge on any atom is -0.403 e. The zero-order valence-corrected chi connectivity index (χ0v) is 25.9. The Labute approximate surface area is 244 Å². The summed E-state index contributed by atoms with van der Waals surface area (Å²) >= 11 is 6.66. The van der Waals surface area contributed by atoms with Gasteiger partial charge in [0.1, 0.15) is 16.4 Å². The Balaban J connectivity index is 1.55. The Kier molecular flexibility index (Phi) is 7.29. The number of hydrogen-bond acceptors (Lipinski definition) is 6. The van der Waals surface area contributed by atoms with Gasteiger partial charge in [0.25, 0.3) is 5.56 Å². The average molecular weight is 604 g/mol. The predicted octanol–water partition coefficient (Wildman–Crippen LogP) is 6.76. The smallest absolute Gasteiger partial charge is 0.403 e. The minimum atomic E-state index is -2.66. The molecule has 3 aromatic rings. The lowest BCUT2D eigenvalue weighted by Gasteiger charge is -2.32. The molecule has 0 N–H and O–H groups in total. The Morgan fingerprint density at radius 2 is 1.76 bits per heavy atom. The summed E-state index contributed by atoms with van der Waals surface area (Å²) in [6, 6.07) is 6.00. The van der Waals surface area contributed by atoms with Crippen LogP contribution in [0.5, 0.6) is 0 Å². The number of halogens is 3. The van der Waals surface area contributed by atoms with Crippen molar-refractivity contribution in [2.24, 2.45) is 4.36 Å². The second-order valence-corrected chi connectivity index (χ2v) is 15.1. The summed E-state index contributed by atoms with van der Waals surface area (Å²) in [4.78, 5) is 17.8. The van der Waals surface area contributed by atoms with Crippen molar-refractivity contribution in [1.82, 2.24) is 9.55 Å². The summed E-state index contributed by atoms with van der Waals surface area (Å²) in [7, 11) is -3.08. The van der Waals surface area contributed by atoms with Crippen LogP contribution in [0.1, 0.15) is 56.9 Å². The lowest BCUT2D eigenvalue weighted by atomic mass is 9.79. The van der Waals surface area contributed by atoms with E-state index in [1.165, 1.54) is 41.5 Å². The van der Waals surface area contributed by atoms with E-state index >= 15 is 8.78 Å². The molecular formula is C29H33BClF2N3O4S. The van der Waals surface area contributed by atoms with Gasteiger partial charge >= 0.3 is 7.12 Å². The molecular weight excluding hydrogens is 571 g/mol. The average Bonchev–Trinajstić information content (AvgIpc) is 3.60. The van der Waals surface area contributed by atoms with E-state index in [1.807, 2.05) is 27.7 Å². The van der Waals surface area contributed by atoms with Crippen molar-refractivity contribution in [3.63, 3.8) is 0 Å². The van der Waals surface area contributed by atoms with Crippen molar-refractivity contribution in [3.8, 4) is 16.9 Å². The highest BCUT2D eigenvalue weighted by Gasteiger charge is 2.60. The highest BCUT2D eigenvalue weighted by Crippen LogP contribution is 2.59. The maximum Gasteiger partial charge on any atom is 0.461 e. The number of benzene rings is 1. The van der Waals surface area contributed by atoms with Crippen LogP contribution in [-0.4, -0.2) is 44.6 Å². The van der Waals surface area contributed by atoms with Crippen molar-refractivity contribution in [3.05, 3.63) is 74.3 Å². The van der Waals surface area contributed by atoms with E-state index in [2.05, 4.69) is 9.35 Å². The molecule has 2 atom stereocenters. The SMILES string of the molecule is Cc1cnc(-c2cccc(N=S(C)(C)=O)c2F)c(F)c1-n1c(C)cc([C@H]2C[C@@H]2B2OC(C)(C)C(C)(C)O2)c(Cl)c1=O. The topological polar surface area (TPSA) is 82.8 Å². The maximum absolute atomic E-state index is 16.2. The summed E-state index contributed by atoms with van der Waals surface area (Å²) in [5.41, 5.74) is -0.714. The molecule has 218 valence electrons. The molecule has 3 heterocycles.